The maximum atomic E-state index is 4.93. The normalized spacial score (nSPS) is 12.3. The molecule has 1 aliphatic rings. The van der Waals surface area contributed by atoms with Gasteiger partial charge in [0.2, 0.25) is 0 Å². The van der Waals surface area contributed by atoms with E-state index in [1.54, 1.807) is 0 Å². The van der Waals surface area contributed by atoms with E-state index in [4.69, 9.17) is 17.0 Å². The molecule has 0 nitrogen and oxygen atoms in total. The van der Waals surface area contributed by atoms with Crippen molar-refractivity contribution in [1.82, 2.24) is 0 Å². The monoisotopic (exact) mass is 449 g/mol. The number of allylic oxidation sites excluding steroid dienone is 1. The minimum absolute atomic E-state index is 0.580. The number of aryl methyl sites for hydroxylation is 1. The first-order valence-electron chi connectivity index (χ1n) is 8.85. The molecule has 0 N–H and O–H groups in total. The molecule has 0 unspecified atom stereocenters. The van der Waals surface area contributed by atoms with Gasteiger partial charge in [0.1, 0.15) is 0 Å². The molecular weight excluding hydrogens is 426 g/mol. The summed E-state index contributed by atoms with van der Waals surface area (Å²) in [5.74, 6) is 0.580. The van der Waals surface area contributed by atoms with Gasteiger partial charge in [-0.2, -0.15) is 0 Å². The SMILES string of the molecule is CCCCc1ccc(-c2cccc3c2C=C(C(C)C)[CH]3)cc1.[Cl][Zr][Cl]. The minimum atomic E-state index is -0.826. The molecule has 3 rings (SSSR count). The van der Waals surface area contributed by atoms with Gasteiger partial charge in [0.05, 0.1) is 0 Å². The predicted molar refractivity (Wildman–Crippen MR) is 108 cm³/mol. The van der Waals surface area contributed by atoms with Gasteiger partial charge in [0.15, 0.2) is 0 Å². The molecular formula is C22H25Cl2Zr. The summed E-state index contributed by atoms with van der Waals surface area (Å²) in [6, 6.07) is 15.8. The Kier molecular flexibility index (Phi) is 8.97. The van der Waals surface area contributed by atoms with E-state index >= 15 is 0 Å². The first-order chi connectivity index (χ1) is 12.1. The Morgan fingerprint density at radius 3 is 2.28 bits per heavy atom. The molecule has 25 heavy (non-hydrogen) atoms. The molecule has 0 saturated carbocycles. The molecule has 0 atom stereocenters. The number of hydrogen-bond donors (Lipinski definition) is 0. The molecule has 2 aromatic rings. The van der Waals surface area contributed by atoms with Gasteiger partial charge in [0, 0.05) is 6.42 Å². The van der Waals surface area contributed by atoms with Gasteiger partial charge in [-0.05, 0) is 46.6 Å². The molecule has 0 spiro atoms. The van der Waals surface area contributed by atoms with Crippen molar-refractivity contribution in [3.05, 3.63) is 71.1 Å². The second kappa shape index (κ2) is 10.7. The first kappa shape index (κ1) is 20.9. The predicted octanol–water partition coefficient (Wildman–Crippen LogP) is 7.68. The van der Waals surface area contributed by atoms with Crippen molar-refractivity contribution in [2.45, 2.75) is 40.0 Å². The van der Waals surface area contributed by atoms with Crippen LogP contribution < -0.4 is 0 Å². The van der Waals surface area contributed by atoms with Crippen molar-refractivity contribution >= 4 is 23.1 Å². The second-order valence-corrected chi connectivity index (χ2v) is 10.4. The van der Waals surface area contributed by atoms with Crippen LogP contribution in [0, 0.1) is 12.3 Å². The van der Waals surface area contributed by atoms with Crippen molar-refractivity contribution in [2.24, 2.45) is 5.92 Å². The molecule has 0 aliphatic heterocycles. The standard InChI is InChI=1S/C22H25.2ClH.Zr/c1-4-5-7-17-10-12-18(13-11-17)21-9-6-8-19-14-20(16(2)3)15-22(19)21;;;/h6,8-16H,4-5,7H2,1-3H3;2*1H;/q;;;+2/p-2. The summed E-state index contributed by atoms with van der Waals surface area (Å²) in [4.78, 5) is 0. The van der Waals surface area contributed by atoms with E-state index in [2.05, 4.69) is 75.7 Å². The van der Waals surface area contributed by atoms with Crippen molar-refractivity contribution in [3.63, 3.8) is 0 Å². The van der Waals surface area contributed by atoms with E-state index in [9.17, 15) is 0 Å². The van der Waals surface area contributed by atoms with Crippen LogP contribution in [0.4, 0.5) is 0 Å². The zero-order valence-electron chi connectivity index (χ0n) is 15.2. The summed E-state index contributed by atoms with van der Waals surface area (Å²) in [5.41, 5.74) is 8.30. The summed E-state index contributed by atoms with van der Waals surface area (Å²) >= 11 is -0.826. The Morgan fingerprint density at radius 2 is 1.68 bits per heavy atom. The molecule has 0 heterocycles. The number of fused-ring (bicyclic) bond motifs is 1. The van der Waals surface area contributed by atoms with Crippen LogP contribution in [0.2, 0.25) is 0 Å². The van der Waals surface area contributed by atoms with Crippen LogP contribution in [0.15, 0.2) is 48.0 Å². The van der Waals surface area contributed by atoms with E-state index in [1.807, 2.05) is 0 Å². The fourth-order valence-corrected chi connectivity index (χ4v) is 3.07. The van der Waals surface area contributed by atoms with E-state index in [0.717, 1.165) is 0 Å². The van der Waals surface area contributed by atoms with E-state index < -0.39 is 20.8 Å². The maximum absolute atomic E-state index is 4.93. The molecule has 2 aromatic carbocycles. The van der Waals surface area contributed by atoms with Gasteiger partial charge in [-0.15, -0.1) is 0 Å². The molecule has 3 heteroatoms. The van der Waals surface area contributed by atoms with Crippen LogP contribution in [-0.4, -0.2) is 0 Å². The van der Waals surface area contributed by atoms with Crippen molar-refractivity contribution in [3.8, 4) is 11.1 Å². The Morgan fingerprint density at radius 1 is 1.00 bits per heavy atom. The van der Waals surface area contributed by atoms with Crippen LogP contribution in [0.25, 0.3) is 17.2 Å². The summed E-state index contributed by atoms with van der Waals surface area (Å²) < 4.78 is 0. The number of unbranched alkanes of at least 4 members (excludes halogenated alkanes) is 1. The van der Waals surface area contributed by atoms with Gasteiger partial charge < -0.3 is 0 Å². The van der Waals surface area contributed by atoms with Crippen molar-refractivity contribution < 1.29 is 20.8 Å². The zero-order valence-corrected chi connectivity index (χ0v) is 19.1. The fourth-order valence-electron chi connectivity index (χ4n) is 3.07. The summed E-state index contributed by atoms with van der Waals surface area (Å²) in [6.07, 6.45) is 8.41. The van der Waals surface area contributed by atoms with E-state index in [0.29, 0.717) is 5.92 Å². The molecule has 0 aromatic heterocycles. The second-order valence-electron chi connectivity index (χ2n) is 6.62. The number of benzene rings is 2. The van der Waals surface area contributed by atoms with Gasteiger partial charge >= 0.3 is 37.9 Å². The topological polar surface area (TPSA) is 0 Å². The fraction of sp³-hybridized carbons (Fsp3) is 0.318. The van der Waals surface area contributed by atoms with E-state index in [-0.39, 0.29) is 0 Å². The summed E-state index contributed by atoms with van der Waals surface area (Å²) in [6.45, 7) is 6.77. The third-order valence-electron chi connectivity index (χ3n) is 4.52. The first-order valence-corrected chi connectivity index (χ1v) is 15.2. The Labute approximate surface area is 171 Å². The molecule has 0 saturated heterocycles. The zero-order chi connectivity index (χ0) is 18.2. The Balaban J connectivity index is 0.000000701. The number of rotatable bonds is 5. The van der Waals surface area contributed by atoms with Crippen LogP contribution in [-0.2, 0) is 27.3 Å². The van der Waals surface area contributed by atoms with Gasteiger partial charge in [0.25, 0.3) is 0 Å². The average Bonchev–Trinajstić information content (AvgIpc) is 3.06. The summed E-state index contributed by atoms with van der Waals surface area (Å²) in [7, 11) is 9.87. The van der Waals surface area contributed by atoms with Gasteiger partial charge in [-0.25, -0.2) is 0 Å². The van der Waals surface area contributed by atoms with Crippen molar-refractivity contribution in [1.29, 1.82) is 0 Å². The average molecular weight is 452 g/mol. The molecule has 1 aliphatic carbocycles. The van der Waals surface area contributed by atoms with Crippen LogP contribution >= 0.6 is 17.0 Å². The molecule has 1 radical (unpaired) electrons. The van der Waals surface area contributed by atoms with Gasteiger partial charge in [-0.1, -0.05) is 81.3 Å². The molecule has 0 bridgehead atoms. The number of hydrogen-bond acceptors (Lipinski definition) is 0. The summed E-state index contributed by atoms with van der Waals surface area (Å²) in [5, 5.41) is 0. The van der Waals surface area contributed by atoms with E-state index in [1.165, 1.54) is 52.7 Å². The quantitative estimate of drug-likeness (QED) is 0.437. The van der Waals surface area contributed by atoms with Crippen LogP contribution in [0.1, 0.15) is 50.3 Å². The molecule has 0 fully saturated rings. The Hall–Kier alpha value is -0.357. The van der Waals surface area contributed by atoms with Gasteiger partial charge in [-0.3, -0.25) is 0 Å². The molecule has 0 amide bonds. The third kappa shape index (κ3) is 5.81. The number of halogens is 2. The van der Waals surface area contributed by atoms with Crippen LogP contribution in [0.5, 0.6) is 0 Å². The molecule has 131 valence electrons. The Bertz CT molecular complexity index is 702. The van der Waals surface area contributed by atoms with Crippen LogP contribution in [0.3, 0.4) is 0 Å². The third-order valence-corrected chi connectivity index (χ3v) is 4.52. The van der Waals surface area contributed by atoms with Crippen molar-refractivity contribution in [2.75, 3.05) is 0 Å².